The van der Waals surface area contributed by atoms with Gasteiger partial charge >= 0.3 is 0 Å². The summed E-state index contributed by atoms with van der Waals surface area (Å²) in [7, 11) is 0. The zero-order valence-corrected chi connectivity index (χ0v) is 12.5. The molecule has 2 saturated heterocycles. The van der Waals surface area contributed by atoms with E-state index < -0.39 is 0 Å². The third-order valence-electron chi connectivity index (χ3n) is 4.11. The summed E-state index contributed by atoms with van der Waals surface area (Å²) in [5, 5.41) is 3.13. The van der Waals surface area contributed by atoms with Crippen LogP contribution in [0.5, 0.6) is 0 Å². The predicted octanol–water partition coefficient (Wildman–Crippen LogP) is 0.873. The third-order valence-corrected chi connectivity index (χ3v) is 4.36. The molecule has 0 aliphatic carbocycles. The molecule has 2 aliphatic rings. The number of hydrogen-bond donors (Lipinski definition) is 1. The van der Waals surface area contributed by atoms with Crippen LogP contribution in [0.2, 0.25) is 5.02 Å². The zero-order valence-electron chi connectivity index (χ0n) is 11.7. The van der Waals surface area contributed by atoms with Crippen molar-refractivity contribution in [3.8, 4) is 0 Å². The molecule has 0 aromatic heterocycles. The fourth-order valence-electron chi connectivity index (χ4n) is 2.92. The van der Waals surface area contributed by atoms with Crippen LogP contribution in [-0.2, 0) is 16.1 Å². The quantitative estimate of drug-likeness (QED) is 0.842. The highest BCUT2D eigenvalue weighted by atomic mass is 35.5. The van der Waals surface area contributed by atoms with E-state index in [2.05, 4.69) is 15.1 Å². The molecule has 0 saturated carbocycles. The van der Waals surface area contributed by atoms with Crippen molar-refractivity contribution in [2.75, 3.05) is 26.2 Å². The summed E-state index contributed by atoms with van der Waals surface area (Å²) >= 11 is 5.89. The van der Waals surface area contributed by atoms with Crippen LogP contribution in [0.4, 0.5) is 0 Å². The number of carbonyl (C=O) groups is 2. The van der Waals surface area contributed by atoms with Crippen molar-refractivity contribution in [3.05, 3.63) is 34.9 Å². The molecule has 0 radical (unpaired) electrons. The number of benzene rings is 1. The minimum Gasteiger partial charge on any atom is -0.297 e. The van der Waals surface area contributed by atoms with E-state index >= 15 is 0 Å². The van der Waals surface area contributed by atoms with Crippen LogP contribution in [0.1, 0.15) is 12.0 Å². The molecular weight excluding hydrogens is 290 g/mol. The fourth-order valence-corrected chi connectivity index (χ4v) is 3.04. The Kier molecular flexibility index (Phi) is 4.24. The molecule has 0 bridgehead atoms. The Morgan fingerprint density at radius 3 is 2.33 bits per heavy atom. The highest BCUT2D eigenvalue weighted by Gasteiger charge is 2.36. The van der Waals surface area contributed by atoms with E-state index in [1.54, 1.807) is 0 Å². The van der Waals surface area contributed by atoms with Gasteiger partial charge in [-0.2, -0.15) is 0 Å². The van der Waals surface area contributed by atoms with Gasteiger partial charge in [-0.3, -0.25) is 24.7 Å². The Hall–Kier alpha value is -1.43. The molecule has 5 nitrogen and oxygen atoms in total. The number of nitrogens with one attached hydrogen (secondary N) is 1. The molecule has 6 heteroatoms. The standard InChI is InChI=1S/C15H18ClN3O2/c16-12-3-1-11(2-4-12)10-18-5-7-19(8-6-18)13-9-14(20)17-15(13)21/h1-4,13H,5-10H2,(H,17,20,21)/t13-/m0/s1. The fraction of sp³-hybridized carbons (Fsp3) is 0.467. The first-order valence-electron chi connectivity index (χ1n) is 7.16. The molecule has 2 heterocycles. The van der Waals surface area contributed by atoms with Gasteiger partial charge in [-0.1, -0.05) is 23.7 Å². The van der Waals surface area contributed by atoms with Crippen LogP contribution >= 0.6 is 11.6 Å². The van der Waals surface area contributed by atoms with Crippen molar-refractivity contribution in [1.82, 2.24) is 15.1 Å². The van der Waals surface area contributed by atoms with E-state index in [0.717, 1.165) is 37.7 Å². The first kappa shape index (κ1) is 14.5. The van der Waals surface area contributed by atoms with Gasteiger partial charge in [-0.05, 0) is 17.7 Å². The largest absolute Gasteiger partial charge is 0.297 e. The second kappa shape index (κ2) is 6.13. The SMILES string of the molecule is O=C1C[C@H](N2CCN(Cc3ccc(Cl)cc3)CC2)C(=O)N1. The van der Waals surface area contributed by atoms with Crippen LogP contribution in [0.15, 0.2) is 24.3 Å². The lowest BCUT2D eigenvalue weighted by Crippen LogP contribution is -2.51. The highest BCUT2D eigenvalue weighted by Crippen LogP contribution is 2.16. The maximum absolute atomic E-state index is 11.7. The number of piperazine rings is 1. The first-order chi connectivity index (χ1) is 10.1. The highest BCUT2D eigenvalue weighted by molar-refractivity contribution is 6.30. The van der Waals surface area contributed by atoms with Gasteiger partial charge in [0.05, 0.1) is 12.5 Å². The summed E-state index contributed by atoms with van der Waals surface area (Å²) in [6.07, 6.45) is 0.302. The number of halogens is 1. The zero-order chi connectivity index (χ0) is 14.8. The number of amides is 2. The molecule has 1 aromatic carbocycles. The van der Waals surface area contributed by atoms with Crippen LogP contribution in [0.25, 0.3) is 0 Å². The number of rotatable bonds is 3. The molecule has 2 fully saturated rings. The molecule has 1 atom stereocenters. The summed E-state index contributed by atoms with van der Waals surface area (Å²) in [6, 6.07) is 7.62. The normalized spacial score (nSPS) is 24.3. The van der Waals surface area contributed by atoms with E-state index in [0.29, 0.717) is 6.42 Å². The maximum atomic E-state index is 11.7. The molecule has 2 amide bonds. The Bertz CT molecular complexity index is 538. The average molecular weight is 308 g/mol. The molecule has 21 heavy (non-hydrogen) atoms. The van der Waals surface area contributed by atoms with Crippen molar-refractivity contribution in [3.63, 3.8) is 0 Å². The number of hydrogen-bond acceptors (Lipinski definition) is 4. The smallest absolute Gasteiger partial charge is 0.244 e. The second-order valence-electron chi connectivity index (χ2n) is 5.57. The lowest BCUT2D eigenvalue weighted by molar-refractivity contribution is -0.126. The van der Waals surface area contributed by atoms with Gasteiger partial charge in [-0.15, -0.1) is 0 Å². The van der Waals surface area contributed by atoms with Crippen molar-refractivity contribution in [2.45, 2.75) is 19.0 Å². The van der Waals surface area contributed by atoms with Gasteiger partial charge in [0.1, 0.15) is 0 Å². The lowest BCUT2D eigenvalue weighted by Gasteiger charge is -2.36. The average Bonchev–Trinajstić information content (AvgIpc) is 2.81. The molecule has 2 aliphatic heterocycles. The molecule has 3 rings (SSSR count). The van der Waals surface area contributed by atoms with E-state index in [9.17, 15) is 9.59 Å². The monoisotopic (exact) mass is 307 g/mol. The Balaban J connectivity index is 1.52. The predicted molar refractivity (Wildman–Crippen MR) is 79.9 cm³/mol. The Morgan fingerprint density at radius 2 is 1.76 bits per heavy atom. The minimum atomic E-state index is -0.268. The molecule has 1 aromatic rings. The lowest BCUT2D eigenvalue weighted by atomic mass is 10.1. The maximum Gasteiger partial charge on any atom is 0.244 e. The van der Waals surface area contributed by atoms with Gasteiger partial charge < -0.3 is 0 Å². The summed E-state index contributed by atoms with van der Waals surface area (Å²) in [5.74, 6) is -0.306. The van der Waals surface area contributed by atoms with E-state index in [-0.39, 0.29) is 17.9 Å². The van der Waals surface area contributed by atoms with Crippen molar-refractivity contribution < 1.29 is 9.59 Å². The van der Waals surface area contributed by atoms with Gasteiger partial charge in [0, 0.05) is 37.7 Å². The van der Waals surface area contributed by atoms with Crippen LogP contribution in [0, 0.1) is 0 Å². The van der Waals surface area contributed by atoms with Crippen LogP contribution in [0.3, 0.4) is 0 Å². The summed E-state index contributed by atoms with van der Waals surface area (Å²) in [6.45, 7) is 4.33. The Labute approximate surface area is 128 Å². The molecule has 0 unspecified atom stereocenters. The van der Waals surface area contributed by atoms with Gasteiger partial charge in [0.2, 0.25) is 11.8 Å². The topological polar surface area (TPSA) is 52.7 Å². The van der Waals surface area contributed by atoms with Crippen molar-refractivity contribution in [2.24, 2.45) is 0 Å². The summed E-state index contributed by atoms with van der Waals surface area (Å²) in [5.41, 5.74) is 1.24. The molecular formula is C15H18ClN3O2. The number of carbonyl (C=O) groups excluding carboxylic acids is 2. The van der Waals surface area contributed by atoms with E-state index in [1.165, 1.54) is 5.56 Å². The minimum absolute atomic E-state index is 0.147. The van der Waals surface area contributed by atoms with Crippen LogP contribution in [-0.4, -0.2) is 53.8 Å². The van der Waals surface area contributed by atoms with E-state index in [1.807, 2.05) is 24.3 Å². The van der Waals surface area contributed by atoms with E-state index in [4.69, 9.17) is 11.6 Å². The number of imide groups is 1. The second-order valence-corrected chi connectivity index (χ2v) is 6.01. The van der Waals surface area contributed by atoms with Gasteiger partial charge in [0.25, 0.3) is 0 Å². The van der Waals surface area contributed by atoms with Gasteiger partial charge in [0.15, 0.2) is 0 Å². The Morgan fingerprint density at radius 1 is 1.10 bits per heavy atom. The molecule has 0 spiro atoms. The summed E-state index contributed by atoms with van der Waals surface area (Å²) in [4.78, 5) is 27.4. The number of nitrogens with zero attached hydrogens (tertiary/aromatic N) is 2. The summed E-state index contributed by atoms with van der Waals surface area (Å²) < 4.78 is 0. The first-order valence-corrected chi connectivity index (χ1v) is 7.54. The molecule has 112 valence electrons. The third kappa shape index (κ3) is 3.43. The van der Waals surface area contributed by atoms with Crippen molar-refractivity contribution >= 4 is 23.4 Å². The van der Waals surface area contributed by atoms with Gasteiger partial charge in [-0.25, -0.2) is 0 Å². The van der Waals surface area contributed by atoms with Crippen molar-refractivity contribution in [1.29, 1.82) is 0 Å². The molecule has 1 N–H and O–H groups in total. The van der Waals surface area contributed by atoms with Crippen LogP contribution < -0.4 is 5.32 Å².